The molecule has 162 valence electrons. The summed E-state index contributed by atoms with van der Waals surface area (Å²) >= 11 is 0. The second kappa shape index (κ2) is 9.48. The maximum atomic E-state index is 13.1. The number of amides is 2. The van der Waals surface area contributed by atoms with Crippen LogP contribution in [0.5, 0.6) is 0 Å². The number of carbonyl (C=O) groups is 2. The quantitative estimate of drug-likeness (QED) is 0.641. The number of rotatable bonds is 8. The highest BCUT2D eigenvalue weighted by Crippen LogP contribution is 2.52. The summed E-state index contributed by atoms with van der Waals surface area (Å²) in [7, 11) is 0. The number of nitrogens with two attached hydrogens (primary N) is 1. The van der Waals surface area contributed by atoms with E-state index in [2.05, 4.69) is 29.6 Å². The number of fused-ring (bicyclic) bond motifs is 5. The van der Waals surface area contributed by atoms with Crippen LogP contribution in [0.2, 0.25) is 0 Å². The van der Waals surface area contributed by atoms with Crippen LogP contribution < -0.4 is 11.1 Å². The Balaban J connectivity index is 1.45. The van der Waals surface area contributed by atoms with Crippen molar-refractivity contribution in [1.82, 2.24) is 10.2 Å². The lowest BCUT2D eigenvalue weighted by Crippen LogP contribution is -2.44. The van der Waals surface area contributed by atoms with E-state index in [1.807, 2.05) is 48.2 Å². The largest absolute Gasteiger partial charge is 0.349 e. The highest BCUT2D eigenvalue weighted by molar-refractivity contribution is 5.89. The number of carbonyl (C=O) groups excluding carboxylic acids is 2. The minimum Gasteiger partial charge on any atom is -0.349 e. The first-order valence-electron chi connectivity index (χ1n) is 11.3. The Morgan fingerprint density at radius 2 is 1.68 bits per heavy atom. The number of benzene rings is 2. The van der Waals surface area contributed by atoms with E-state index in [1.165, 1.54) is 16.7 Å². The van der Waals surface area contributed by atoms with Crippen molar-refractivity contribution in [1.29, 1.82) is 0 Å². The molecule has 31 heavy (non-hydrogen) atoms. The molecule has 1 fully saturated rings. The van der Waals surface area contributed by atoms with Gasteiger partial charge in [0.1, 0.15) is 0 Å². The zero-order valence-electron chi connectivity index (χ0n) is 18.0. The summed E-state index contributed by atoms with van der Waals surface area (Å²) in [5.74, 6) is -0.159. The van der Waals surface area contributed by atoms with E-state index < -0.39 is 6.04 Å². The highest BCUT2D eigenvalue weighted by Gasteiger charge is 2.45. The summed E-state index contributed by atoms with van der Waals surface area (Å²) in [5.41, 5.74) is 9.67. The van der Waals surface area contributed by atoms with Crippen molar-refractivity contribution in [3.8, 4) is 0 Å². The molecular formula is C26H31N3O2. The fourth-order valence-electron chi connectivity index (χ4n) is 4.79. The Labute approximate surface area is 184 Å². The lowest BCUT2D eigenvalue weighted by Gasteiger charge is -2.22. The van der Waals surface area contributed by atoms with E-state index >= 15 is 0 Å². The lowest BCUT2D eigenvalue weighted by atomic mass is 9.92. The van der Waals surface area contributed by atoms with E-state index in [0.29, 0.717) is 12.8 Å². The lowest BCUT2D eigenvalue weighted by molar-refractivity contribution is -0.128. The molecule has 2 aliphatic rings. The number of nitrogens with zero attached hydrogens (tertiary/aromatic N) is 1. The van der Waals surface area contributed by atoms with Crippen LogP contribution in [0.4, 0.5) is 0 Å². The van der Waals surface area contributed by atoms with E-state index in [4.69, 9.17) is 5.73 Å². The first kappa shape index (κ1) is 21.3. The van der Waals surface area contributed by atoms with Gasteiger partial charge in [-0.2, -0.15) is 0 Å². The van der Waals surface area contributed by atoms with Gasteiger partial charge in [-0.05, 0) is 48.8 Å². The van der Waals surface area contributed by atoms with E-state index in [0.717, 1.165) is 19.3 Å². The Bertz CT molecular complexity index is 925. The first-order valence-corrected chi connectivity index (χ1v) is 11.3. The molecule has 2 aromatic carbocycles. The molecule has 0 aromatic heterocycles. The molecule has 2 bridgehead atoms. The number of hydrogen-bond acceptors (Lipinski definition) is 3. The molecule has 2 heterocycles. The smallest absolute Gasteiger partial charge is 0.247 e. The van der Waals surface area contributed by atoms with Crippen molar-refractivity contribution in [2.24, 2.45) is 5.73 Å². The van der Waals surface area contributed by atoms with Crippen LogP contribution in [-0.4, -0.2) is 28.8 Å². The minimum absolute atomic E-state index is 0.0162. The van der Waals surface area contributed by atoms with Crippen LogP contribution >= 0.6 is 0 Å². The topological polar surface area (TPSA) is 75.4 Å². The fourth-order valence-corrected chi connectivity index (χ4v) is 4.79. The van der Waals surface area contributed by atoms with E-state index in [1.54, 1.807) is 6.08 Å². The molecule has 2 aliphatic heterocycles. The maximum absolute atomic E-state index is 13.1. The van der Waals surface area contributed by atoms with Crippen LogP contribution in [0.15, 0.2) is 66.7 Å². The molecule has 5 heteroatoms. The van der Waals surface area contributed by atoms with Gasteiger partial charge in [-0.3, -0.25) is 9.59 Å². The molecular weight excluding hydrogens is 386 g/mol. The summed E-state index contributed by atoms with van der Waals surface area (Å²) in [4.78, 5) is 27.5. The molecule has 2 amide bonds. The van der Waals surface area contributed by atoms with Gasteiger partial charge in [0, 0.05) is 12.1 Å². The Morgan fingerprint density at radius 1 is 1.06 bits per heavy atom. The third-order valence-electron chi connectivity index (χ3n) is 6.52. The van der Waals surface area contributed by atoms with Gasteiger partial charge in [-0.1, -0.05) is 67.6 Å². The number of nitrogens with one attached hydrogen (secondary N) is 1. The van der Waals surface area contributed by atoms with Crippen LogP contribution in [-0.2, 0) is 16.0 Å². The molecule has 5 nitrogen and oxygen atoms in total. The summed E-state index contributed by atoms with van der Waals surface area (Å²) in [6.45, 7) is 1.89. The van der Waals surface area contributed by atoms with Gasteiger partial charge in [-0.15, -0.1) is 0 Å². The normalized spacial score (nSPS) is 21.2. The zero-order chi connectivity index (χ0) is 21.8. The number of hydrogen-bond donors (Lipinski definition) is 2. The molecule has 3 N–H and O–H groups in total. The SMILES string of the molecule is CC[C@H](N)C(=O)N[C@H](C=CC(=O)N1[C@@H]2CC[C@H]1c1ccccc12)CCc1ccccc1. The zero-order valence-corrected chi connectivity index (χ0v) is 18.0. The van der Waals surface area contributed by atoms with Gasteiger partial charge in [0.15, 0.2) is 0 Å². The second-order valence-corrected chi connectivity index (χ2v) is 8.50. The first-order chi connectivity index (χ1) is 15.1. The van der Waals surface area contributed by atoms with Gasteiger partial charge in [0.25, 0.3) is 0 Å². The van der Waals surface area contributed by atoms with Crippen molar-refractivity contribution in [3.05, 3.63) is 83.4 Å². The van der Waals surface area contributed by atoms with Crippen LogP contribution in [0.25, 0.3) is 0 Å². The van der Waals surface area contributed by atoms with Crippen molar-refractivity contribution in [2.75, 3.05) is 0 Å². The summed E-state index contributed by atoms with van der Waals surface area (Å²) < 4.78 is 0. The van der Waals surface area contributed by atoms with Crippen molar-refractivity contribution in [2.45, 2.75) is 63.2 Å². The van der Waals surface area contributed by atoms with Crippen molar-refractivity contribution in [3.63, 3.8) is 0 Å². The van der Waals surface area contributed by atoms with Crippen LogP contribution in [0.1, 0.15) is 61.4 Å². The average Bonchev–Trinajstić information content (AvgIpc) is 3.38. The number of aryl methyl sites for hydroxylation is 1. The standard InChI is InChI=1S/C26H31N3O2/c1-2-22(27)26(31)28-19(13-12-18-8-4-3-5-9-18)14-17-25(30)29-23-15-16-24(29)21-11-7-6-10-20(21)23/h3-11,14,17,19,22-24H,2,12-13,15-16,27H2,1H3,(H,28,31)/t19-,22-,23-,24+/m0/s1. The van der Waals surface area contributed by atoms with Gasteiger partial charge < -0.3 is 16.0 Å². The Morgan fingerprint density at radius 3 is 2.29 bits per heavy atom. The predicted octanol–water partition coefficient (Wildman–Crippen LogP) is 3.82. The Hall–Kier alpha value is -2.92. The predicted molar refractivity (Wildman–Crippen MR) is 122 cm³/mol. The molecule has 0 saturated carbocycles. The maximum Gasteiger partial charge on any atom is 0.247 e. The van der Waals surface area contributed by atoms with E-state index in [9.17, 15) is 9.59 Å². The summed E-state index contributed by atoms with van der Waals surface area (Å²) in [6, 6.07) is 18.1. The molecule has 0 radical (unpaired) electrons. The molecule has 0 aliphatic carbocycles. The molecule has 4 atom stereocenters. The van der Waals surface area contributed by atoms with Crippen LogP contribution in [0.3, 0.4) is 0 Å². The van der Waals surface area contributed by atoms with Gasteiger partial charge in [-0.25, -0.2) is 0 Å². The highest BCUT2D eigenvalue weighted by atomic mass is 16.2. The fraction of sp³-hybridized carbons (Fsp3) is 0.385. The van der Waals surface area contributed by atoms with Crippen LogP contribution in [0, 0.1) is 0 Å². The summed E-state index contributed by atoms with van der Waals surface area (Å²) in [5, 5.41) is 3.02. The van der Waals surface area contributed by atoms with Gasteiger partial charge in [0.05, 0.1) is 18.1 Å². The third kappa shape index (κ3) is 4.57. The van der Waals surface area contributed by atoms with Crippen molar-refractivity contribution >= 4 is 11.8 Å². The molecule has 2 aromatic rings. The van der Waals surface area contributed by atoms with Gasteiger partial charge in [0.2, 0.25) is 11.8 Å². The Kier molecular flexibility index (Phi) is 6.52. The van der Waals surface area contributed by atoms with E-state index in [-0.39, 0.29) is 29.9 Å². The van der Waals surface area contributed by atoms with Gasteiger partial charge >= 0.3 is 0 Å². The molecule has 1 saturated heterocycles. The molecule has 4 rings (SSSR count). The molecule has 0 spiro atoms. The minimum atomic E-state index is -0.535. The average molecular weight is 418 g/mol. The van der Waals surface area contributed by atoms with Crippen molar-refractivity contribution < 1.29 is 9.59 Å². The molecule has 0 unspecified atom stereocenters. The monoisotopic (exact) mass is 417 g/mol. The third-order valence-corrected chi connectivity index (χ3v) is 6.52. The summed E-state index contributed by atoms with van der Waals surface area (Å²) in [6.07, 6.45) is 7.62. The second-order valence-electron chi connectivity index (χ2n) is 8.50.